The zero-order chi connectivity index (χ0) is 22.3. The molecule has 2 rings (SSSR count). The Kier molecular flexibility index (Phi) is 8.94. The van der Waals surface area contributed by atoms with E-state index in [0.717, 1.165) is 35.7 Å². The number of fused-ring (bicyclic) bond motifs is 1. The highest BCUT2D eigenvalue weighted by molar-refractivity contribution is 5.85. The highest BCUT2D eigenvalue weighted by Gasteiger charge is 2.15. The van der Waals surface area contributed by atoms with E-state index in [-0.39, 0.29) is 17.8 Å². The fourth-order valence-electron chi connectivity index (χ4n) is 4.08. The van der Waals surface area contributed by atoms with Crippen molar-refractivity contribution in [2.75, 3.05) is 6.54 Å². The average molecular weight is 415 g/mol. The van der Waals surface area contributed by atoms with E-state index in [0.29, 0.717) is 36.5 Å². The van der Waals surface area contributed by atoms with Gasteiger partial charge in [-0.1, -0.05) is 41.5 Å². The first kappa shape index (κ1) is 24.0. The summed E-state index contributed by atoms with van der Waals surface area (Å²) in [6, 6.07) is 5.67. The Morgan fingerprint density at radius 2 is 1.73 bits per heavy atom. The quantitative estimate of drug-likeness (QED) is 0.377. The minimum atomic E-state index is -0.189. The molecule has 2 aromatic rings. The second-order valence-electron chi connectivity index (χ2n) is 9.51. The molecule has 0 bridgehead atoms. The van der Waals surface area contributed by atoms with Gasteiger partial charge in [0.2, 0.25) is 5.91 Å². The molecule has 2 unspecified atom stereocenters. The molecule has 0 spiro atoms. The molecule has 1 aromatic heterocycles. The zero-order valence-corrected chi connectivity index (χ0v) is 19.4. The van der Waals surface area contributed by atoms with Crippen LogP contribution in [0.15, 0.2) is 24.4 Å². The Balaban J connectivity index is 1.94. The van der Waals surface area contributed by atoms with Crippen molar-refractivity contribution < 1.29 is 14.3 Å². The van der Waals surface area contributed by atoms with Crippen molar-refractivity contribution in [1.29, 1.82) is 0 Å². The first-order valence-corrected chi connectivity index (χ1v) is 11.2. The maximum Gasteiger partial charge on any atom is 0.311 e. The lowest BCUT2D eigenvalue weighted by Crippen LogP contribution is -2.31. The minimum Gasteiger partial charge on any atom is -0.426 e. The van der Waals surface area contributed by atoms with Crippen molar-refractivity contribution in [3.05, 3.63) is 30.0 Å². The van der Waals surface area contributed by atoms with Crippen LogP contribution in [0.3, 0.4) is 0 Å². The van der Waals surface area contributed by atoms with Gasteiger partial charge in [0.25, 0.3) is 0 Å². The number of hydrogen-bond acceptors (Lipinski definition) is 3. The Morgan fingerprint density at radius 3 is 2.40 bits per heavy atom. The number of carbonyl (C=O) groups is 2. The summed E-state index contributed by atoms with van der Waals surface area (Å²) in [7, 11) is 0. The van der Waals surface area contributed by atoms with E-state index in [1.807, 2.05) is 31.3 Å². The van der Waals surface area contributed by atoms with E-state index in [4.69, 9.17) is 4.74 Å². The molecule has 2 N–H and O–H groups in total. The number of carbonyl (C=O) groups excluding carboxylic acids is 2. The van der Waals surface area contributed by atoms with Gasteiger partial charge in [-0.15, -0.1) is 0 Å². The molecule has 2 atom stereocenters. The van der Waals surface area contributed by atoms with Crippen molar-refractivity contribution in [2.45, 2.75) is 67.2 Å². The summed E-state index contributed by atoms with van der Waals surface area (Å²) >= 11 is 0. The van der Waals surface area contributed by atoms with E-state index < -0.39 is 0 Å². The smallest absolute Gasteiger partial charge is 0.311 e. The number of hydrogen-bond donors (Lipinski definition) is 2. The minimum absolute atomic E-state index is 0.0251. The number of benzene rings is 1. The SMILES string of the molecule is CC(C)CC(C)CC(=O)Oc1ccc2[nH]cc(CCNC(=O)C(C)CC(C)C)c2c1. The Bertz CT molecular complexity index is 838. The third kappa shape index (κ3) is 7.51. The van der Waals surface area contributed by atoms with Crippen LogP contribution in [0.5, 0.6) is 5.75 Å². The summed E-state index contributed by atoms with van der Waals surface area (Å²) in [4.78, 5) is 27.8. The van der Waals surface area contributed by atoms with Gasteiger partial charge < -0.3 is 15.0 Å². The highest BCUT2D eigenvalue weighted by atomic mass is 16.5. The van der Waals surface area contributed by atoms with Gasteiger partial charge in [0.1, 0.15) is 5.75 Å². The second kappa shape index (κ2) is 11.2. The van der Waals surface area contributed by atoms with E-state index in [9.17, 15) is 9.59 Å². The average Bonchev–Trinajstić information content (AvgIpc) is 3.02. The number of ether oxygens (including phenoxy) is 1. The van der Waals surface area contributed by atoms with Crippen LogP contribution in [0.2, 0.25) is 0 Å². The van der Waals surface area contributed by atoms with Crippen molar-refractivity contribution >= 4 is 22.8 Å². The summed E-state index contributed by atoms with van der Waals surface area (Å²) in [6.07, 6.45) is 5.02. The maximum atomic E-state index is 12.3. The fourth-order valence-corrected chi connectivity index (χ4v) is 4.08. The first-order chi connectivity index (χ1) is 14.2. The Labute approximate surface area is 181 Å². The third-order valence-corrected chi connectivity index (χ3v) is 5.33. The van der Waals surface area contributed by atoms with Gasteiger partial charge in [0, 0.05) is 36.0 Å². The molecule has 5 nitrogen and oxygen atoms in total. The van der Waals surface area contributed by atoms with Gasteiger partial charge in [0.05, 0.1) is 0 Å². The van der Waals surface area contributed by atoms with Crippen molar-refractivity contribution in [1.82, 2.24) is 10.3 Å². The zero-order valence-electron chi connectivity index (χ0n) is 19.4. The number of H-pyrrole nitrogens is 1. The van der Waals surface area contributed by atoms with E-state index in [1.165, 1.54) is 0 Å². The molecule has 1 amide bonds. The lowest BCUT2D eigenvalue weighted by atomic mass is 9.96. The van der Waals surface area contributed by atoms with Gasteiger partial charge >= 0.3 is 5.97 Å². The van der Waals surface area contributed by atoms with Crippen LogP contribution in [0.25, 0.3) is 10.9 Å². The summed E-state index contributed by atoms with van der Waals surface area (Å²) in [5, 5.41) is 4.06. The number of amides is 1. The standard InChI is InChI=1S/C25H38N2O3/c1-16(2)11-18(5)13-24(28)30-21-7-8-23-22(14-21)20(15-27-23)9-10-26-25(29)19(6)12-17(3)4/h7-8,14-19,27H,9-13H2,1-6H3,(H,26,29). The van der Waals surface area contributed by atoms with E-state index in [2.05, 4.69) is 44.9 Å². The van der Waals surface area contributed by atoms with Crippen molar-refractivity contribution in [3.8, 4) is 5.75 Å². The third-order valence-electron chi connectivity index (χ3n) is 5.33. The maximum absolute atomic E-state index is 12.3. The Hall–Kier alpha value is -2.30. The molecule has 1 aromatic carbocycles. The van der Waals surface area contributed by atoms with Crippen molar-refractivity contribution in [3.63, 3.8) is 0 Å². The van der Waals surface area contributed by atoms with Gasteiger partial charge in [-0.25, -0.2) is 0 Å². The largest absolute Gasteiger partial charge is 0.426 e. The molecule has 0 saturated heterocycles. The molecular weight excluding hydrogens is 376 g/mol. The summed E-state index contributed by atoms with van der Waals surface area (Å²) < 4.78 is 5.59. The number of nitrogens with one attached hydrogen (secondary N) is 2. The summed E-state index contributed by atoms with van der Waals surface area (Å²) in [5.41, 5.74) is 2.10. The molecule has 0 saturated carbocycles. The number of rotatable bonds is 11. The molecular formula is C25H38N2O3. The van der Waals surface area contributed by atoms with Crippen LogP contribution >= 0.6 is 0 Å². The van der Waals surface area contributed by atoms with Crippen molar-refractivity contribution in [2.24, 2.45) is 23.7 Å². The molecule has 166 valence electrons. The first-order valence-electron chi connectivity index (χ1n) is 11.2. The fraction of sp³-hybridized carbons (Fsp3) is 0.600. The van der Waals surface area contributed by atoms with Crippen LogP contribution in [0, 0.1) is 23.7 Å². The molecule has 30 heavy (non-hydrogen) atoms. The van der Waals surface area contributed by atoms with Gasteiger partial charge in [-0.2, -0.15) is 0 Å². The van der Waals surface area contributed by atoms with Gasteiger partial charge in [-0.3, -0.25) is 9.59 Å². The van der Waals surface area contributed by atoms with Crippen LogP contribution < -0.4 is 10.1 Å². The monoisotopic (exact) mass is 414 g/mol. The number of aromatic nitrogens is 1. The molecule has 0 aliphatic rings. The summed E-state index contributed by atoms with van der Waals surface area (Å²) in [6.45, 7) is 13.2. The number of aromatic amines is 1. The molecule has 5 heteroatoms. The predicted octanol–water partition coefficient (Wildman–Crippen LogP) is 5.49. The highest BCUT2D eigenvalue weighted by Crippen LogP contribution is 2.25. The van der Waals surface area contributed by atoms with E-state index in [1.54, 1.807) is 0 Å². The predicted molar refractivity (Wildman–Crippen MR) is 123 cm³/mol. The van der Waals surface area contributed by atoms with Gasteiger partial charge in [-0.05, 0) is 60.8 Å². The van der Waals surface area contributed by atoms with Crippen LogP contribution in [-0.2, 0) is 16.0 Å². The van der Waals surface area contributed by atoms with Crippen LogP contribution in [-0.4, -0.2) is 23.4 Å². The molecule has 0 aliphatic heterocycles. The summed E-state index contributed by atoms with van der Waals surface area (Å²) in [5.74, 6) is 1.90. The number of esters is 1. The lowest BCUT2D eigenvalue weighted by Gasteiger charge is -2.14. The van der Waals surface area contributed by atoms with E-state index >= 15 is 0 Å². The molecule has 0 aliphatic carbocycles. The van der Waals surface area contributed by atoms with Crippen LogP contribution in [0.1, 0.15) is 66.4 Å². The molecule has 0 fully saturated rings. The lowest BCUT2D eigenvalue weighted by molar-refractivity contribution is -0.135. The topological polar surface area (TPSA) is 71.2 Å². The molecule has 1 heterocycles. The molecule has 0 radical (unpaired) electrons. The normalized spacial score (nSPS) is 13.6. The van der Waals surface area contributed by atoms with Gasteiger partial charge in [0.15, 0.2) is 0 Å². The Morgan fingerprint density at radius 1 is 1.03 bits per heavy atom. The van der Waals surface area contributed by atoms with Crippen LogP contribution in [0.4, 0.5) is 0 Å². The second-order valence-corrected chi connectivity index (χ2v) is 9.51.